The van der Waals surface area contributed by atoms with Crippen molar-refractivity contribution in [1.82, 2.24) is 4.98 Å². The van der Waals surface area contributed by atoms with Crippen LogP contribution in [0.2, 0.25) is 0 Å². The molecule has 4 aromatic rings. The molecule has 0 bridgehead atoms. The van der Waals surface area contributed by atoms with Crippen LogP contribution in [-0.2, 0) is 24.0 Å². The average molecular weight is 485 g/mol. The number of esters is 1. The van der Waals surface area contributed by atoms with Crippen molar-refractivity contribution < 1.29 is 14.3 Å². The number of nitrogens with one attached hydrogen (secondary N) is 1. The van der Waals surface area contributed by atoms with E-state index in [0.29, 0.717) is 22.7 Å². The monoisotopic (exact) mass is 484 g/mol. The van der Waals surface area contributed by atoms with Gasteiger partial charge in [-0.3, -0.25) is 4.79 Å². The third-order valence-corrected chi connectivity index (χ3v) is 7.70. The SMILES string of the molecule is CCOC(=O)c1c(NC(=O)c2cc(-c3ccc(CC)cc3)nc3ccccc23)sc2c1CCCC2. The van der Waals surface area contributed by atoms with Crippen molar-refractivity contribution >= 4 is 39.1 Å². The minimum absolute atomic E-state index is 0.251. The lowest BCUT2D eigenvalue weighted by Gasteiger charge is -2.13. The smallest absolute Gasteiger partial charge is 0.341 e. The van der Waals surface area contributed by atoms with Gasteiger partial charge in [0.05, 0.1) is 28.9 Å². The molecule has 0 saturated heterocycles. The van der Waals surface area contributed by atoms with Gasteiger partial charge in [-0.2, -0.15) is 0 Å². The highest BCUT2D eigenvalue weighted by atomic mass is 32.1. The summed E-state index contributed by atoms with van der Waals surface area (Å²) in [4.78, 5) is 32.5. The summed E-state index contributed by atoms with van der Waals surface area (Å²) in [5, 5.41) is 4.42. The topological polar surface area (TPSA) is 68.3 Å². The fourth-order valence-corrected chi connectivity index (χ4v) is 5.94. The van der Waals surface area contributed by atoms with E-state index in [-0.39, 0.29) is 11.9 Å². The lowest BCUT2D eigenvalue weighted by atomic mass is 9.95. The predicted molar refractivity (Wildman–Crippen MR) is 141 cm³/mol. The standard InChI is InChI=1S/C29H28N2O3S/c1-3-18-13-15-19(16-14-18)24-17-22(20-9-5-7-11-23(20)30-24)27(32)31-28-26(29(33)34-4-2)21-10-6-8-12-25(21)35-28/h5,7,9,11,13-17H,3-4,6,8,10,12H2,1-2H3,(H,31,32). The summed E-state index contributed by atoms with van der Waals surface area (Å²) in [5.74, 6) is -0.613. The van der Waals surface area contributed by atoms with E-state index >= 15 is 0 Å². The Labute approximate surface area is 209 Å². The molecule has 0 saturated carbocycles. The fourth-order valence-electron chi connectivity index (χ4n) is 4.67. The van der Waals surface area contributed by atoms with Crippen LogP contribution < -0.4 is 5.32 Å². The number of ether oxygens (including phenoxy) is 1. The first kappa shape index (κ1) is 23.2. The normalized spacial score (nSPS) is 12.9. The number of benzene rings is 2. The zero-order valence-corrected chi connectivity index (χ0v) is 20.8. The zero-order chi connectivity index (χ0) is 24.4. The first-order chi connectivity index (χ1) is 17.1. The van der Waals surface area contributed by atoms with Gasteiger partial charge < -0.3 is 10.1 Å². The summed E-state index contributed by atoms with van der Waals surface area (Å²) in [6, 6.07) is 17.8. The Morgan fingerprint density at radius 1 is 1.03 bits per heavy atom. The molecule has 1 amide bonds. The van der Waals surface area contributed by atoms with E-state index < -0.39 is 0 Å². The van der Waals surface area contributed by atoms with Crippen molar-refractivity contribution in [2.24, 2.45) is 0 Å². The minimum Gasteiger partial charge on any atom is -0.462 e. The third-order valence-electron chi connectivity index (χ3n) is 6.50. The second-order valence-corrected chi connectivity index (χ2v) is 9.82. The first-order valence-electron chi connectivity index (χ1n) is 12.2. The molecule has 1 aliphatic rings. The molecule has 0 aliphatic heterocycles. The summed E-state index contributed by atoms with van der Waals surface area (Å²) in [6.07, 6.45) is 4.87. The number of anilines is 1. The van der Waals surface area contributed by atoms with Crippen LogP contribution >= 0.6 is 11.3 Å². The van der Waals surface area contributed by atoms with Gasteiger partial charge in [0.15, 0.2) is 0 Å². The number of para-hydroxylation sites is 1. The number of aromatic nitrogens is 1. The van der Waals surface area contributed by atoms with E-state index in [0.717, 1.165) is 59.8 Å². The van der Waals surface area contributed by atoms with E-state index in [4.69, 9.17) is 9.72 Å². The van der Waals surface area contributed by atoms with Crippen molar-refractivity contribution in [3.63, 3.8) is 0 Å². The van der Waals surface area contributed by atoms with Crippen LogP contribution in [0.3, 0.4) is 0 Å². The highest BCUT2D eigenvalue weighted by Crippen LogP contribution is 2.39. The molecule has 0 radical (unpaired) electrons. The van der Waals surface area contributed by atoms with E-state index in [1.165, 1.54) is 21.8 Å². The maximum Gasteiger partial charge on any atom is 0.341 e. The Kier molecular flexibility index (Phi) is 6.64. The molecule has 178 valence electrons. The second-order valence-electron chi connectivity index (χ2n) is 8.71. The molecule has 0 fully saturated rings. The number of carbonyl (C=O) groups is 2. The van der Waals surface area contributed by atoms with Gasteiger partial charge in [0.25, 0.3) is 5.91 Å². The number of hydrogen-bond donors (Lipinski definition) is 1. The molecule has 1 N–H and O–H groups in total. The van der Waals surface area contributed by atoms with Gasteiger partial charge in [-0.25, -0.2) is 9.78 Å². The van der Waals surface area contributed by atoms with Gasteiger partial charge >= 0.3 is 5.97 Å². The molecule has 0 spiro atoms. The Bertz CT molecular complexity index is 1410. The third kappa shape index (κ3) is 4.58. The highest BCUT2D eigenvalue weighted by Gasteiger charge is 2.28. The quantitative estimate of drug-likeness (QED) is 0.305. The number of pyridine rings is 1. The fraction of sp³-hybridized carbons (Fsp3) is 0.276. The Balaban J connectivity index is 1.56. The number of aryl methyl sites for hydroxylation is 2. The van der Waals surface area contributed by atoms with Crippen molar-refractivity contribution in [3.05, 3.63) is 81.7 Å². The summed E-state index contributed by atoms with van der Waals surface area (Å²) >= 11 is 1.50. The number of hydrogen-bond acceptors (Lipinski definition) is 5. The number of nitrogens with zero attached hydrogens (tertiary/aromatic N) is 1. The molecule has 5 rings (SSSR count). The maximum atomic E-state index is 13.7. The van der Waals surface area contributed by atoms with Crippen molar-refractivity contribution in [1.29, 1.82) is 0 Å². The van der Waals surface area contributed by atoms with Gasteiger partial charge in [-0.05, 0) is 62.3 Å². The highest BCUT2D eigenvalue weighted by molar-refractivity contribution is 7.17. The van der Waals surface area contributed by atoms with Crippen LogP contribution in [-0.4, -0.2) is 23.5 Å². The summed E-state index contributed by atoms with van der Waals surface area (Å²) in [7, 11) is 0. The van der Waals surface area contributed by atoms with E-state index in [1.807, 2.05) is 42.5 Å². The van der Waals surface area contributed by atoms with Crippen LogP contribution in [0.5, 0.6) is 0 Å². The molecule has 6 heteroatoms. The predicted octanol–water partition coefficient (Wildman–Crippen LogP) is 6.83. The number of fused-ring (bicyclic) bond motifs is 2. The zero-order valence-electron chi connectivity index (χ0n) is 20.0. The van der Waals surface area contributed by atoms with Crippen molar-refractivity contribution in [3.8, 4) is 11.3 Å². The number of thiophene rings is 1. The lowest BCUT2D eigenvalue weighted by molar-refractivity contribution is 0.0526. The van der Waals surface area contributed by atoms with Crippen molar-refractivity contribution in [2.75, 3.05) is 11.9 Å². The van der Waals surface area contributed by atoms with E-state index in [9.17, 15) is 9.59 Å². The molecule has 2 aromatic carbocycles. The molecular formula is C29H28N2O3S. The molecule has 5 nitrogen and oxygen atoms in total. The van der Waals surface area contributed by atoms with Crippen LogP contribution in [0.25, 0.3) is 22.2 Å². The van der Waals surface area contributed by atoms with Gasteiger partial charge in [0.2, 0.25) is 0 Å². The lowest BCUT2D eigenvalue weighted by Crippen LogP contribution is -2.16. The Morgan fingerprint density at radius 3 is 2.57 bits per heavy atom. The Morgan fingerprint density at radius 2 is 1.80 bits per heavy atom. The van der Waals surface area contributed by atoms with E-state index in [1.54, 1.807) is 6.92 Å². The molecular weight excluding hydrogens is 456 g/mol. The molecule has 1 aliphatic carbocycles. The van der Waals surface area contributed by atoms with Crippen molar-refractivity contribution in [2.45, 2.75) is 46.0 Å². The van der Waals surface area contributed by atoms with Gasteiger partial charge in [-0.1, -0.05) is 49.4 Å². The van der Waals surface area contributed by atoms with Crippen LogP contribution in [0.4, 0.5) is 5.00 Å². The first-order valence-corrected chi connectivity index (χ1v) is 13.0. The Hall–Kier alpha value is -3.51. The number of amides is 1. The molecule has 35 heavy (non-hydrogen) atoms. The van der Waals surface area contributed by atoms with Crippen LogP contribution in [0, 0.1) is 0 Å². The molecule has 0 atom stereocenters. The van der Waals surface area contributed by atoms with Gasteiger partial charge in [0.1, 0.15) is 5.00 Å². The van der Waals surface area contributed by atoms with Gasteiger partial charge in [-0.15, -0.1) is 11.3 Å². The molecule has 0 unspecified atom stereocenters. The minimum atomic E-state index is -0.363. The largest absolute Gasteiger partial charge is 0.462 e. The number of carbonyl (C=O) groups excluding carboxylic acids is 2. The van der Waals surface area contributed by atoms with Crippen LogP contribution in [0.15, 0.2) is 54.6 Å². The molecule has 2 heterocycles. The maximum absolute atomic E-state index is 13.7. The summed E-state index contributed by atoms with van der Waals surface area (Å²) in [6.45, 7) is 4.22. The van der Waals surface area contributed by atoms with Gasteiger partial charge in [0, 0.05) is 15.8 Å². The average Bonchev–Trinajstić information content (AvgIpc) is 3.26. The molecule has 2 aromatic heterocycles. The van der Waals surface area contributed by atoms with Crippen LogP contribution in [0.1, 0.15) is 63.4 Å². The number of rotatable bonds is 6. The van der Waals surface area contributed by atoms with E-state index in [2.05, 4.69) is 24.4 Å². The summed E-state index contributed by atoms with van der Waals surface area (Å²) < 4.78 is 5.35. The second kappa shape index (κ2) is 10.0. The summed E-state index contributed by atoms with van der Waals surface area (Å²) in [5.41, 5.74) is 5.80.